The maximum absolute atomic E-state index is 12.4. The van der Waals surface area contributed by atoms with E-state index in [1.165, 1.54) is 11.0 Å². The molecule has 0 aliphatic carbocycles. The number of aliphatic carboxylic acids is 1. The SMILES string of the molecule is C=CCOC(=O)N1CCC(CCF)(C(=O)O)C1. The number of ether oxygens (including phenoxy) is 1. The molecule has 1 aliphatic heterocycles. The molecule has 17 heavy (non-hydrogen) atoms. The van der Waals surface area contributed by atoms with Gasteiger partial charge in [-0.25, -0.2) is 4.79 Å². The zero-order chi connectivity index (χ0) is 12.9. The van der Waals surface area contributed by atoms with Crippen LogP contribution < -0.4 is 0 Å². The number of rotatable bonds is 5. The molecule has 1 unspecified atom stereocenters. The summed E-state index contributed by atoms with van der Waals surface area (Å²) < 4.78 is 17.2. The maximum Gasteiger partial charge on any atom is 0.410 e. The number of carboxylic acids is 1. The summed E-state index contributed by atoms with van der Waals surface area (Å²) in [4.78, 5) is 23.9. The van der Waals surface area contributed by atoms with E-state index < -0.39 is 24.2 Å². The van der Waals surface area contributed by atoms with Crippen LogP contribution in [0.15, 0.2) is 12.7 Å². The molecule has 1 atom stereocenters. The van der Waals surface area contributed by atoms with Crippen LogP contribution in [-0.4, -0.2) is 48.4 Å². The van der Waals surface area contributed by atoms with Gasteiger partial charge in [-0.15, -0.1) is 0 Å². The highest BCUT2D eigenvalue weighted by atomic mass is 19.1. The number of hydrogen-bond donors (Lipinski definition) is 1. The second kappa shape index (κ2) is 5.65. The Hall–Kier alpha value is -1.59. The molecule has 0 aromatic carbocycles. The summed E-state index contributed by atoms with van der Waals surface area (Å²) in [7, 11) is 0. The van der Waals surface area contributed by atoms with Crippen molar-refractivity contribution in [2.24, 2.45) is 5.41 Å². The topological polar surface area (TPSA) is 66.8 Å². The molecule has 0 bridgehead atoms. The number of likely N-dealkylation sites (tertiary alicyclic amines) is 1. The monoisotopic (exact) mass is 245 g/mol. The van der Waals surface area contributed by atoms with E-state index in [4.69, 9.17) is 9.84 Å². The Labute approximate surface area is 98.8 Å². The third kappa shape index (κ3) is 2.95. The molecule has 0 radical (unpaired) electrons. The first-order valence-electron chi connectivity index (χ1n) is 5.38. The van der Waals surface area contributed by atoms with Gasteiger partial charge in [-0.3, -0.25) is 9.18 Å². The smallest absolute Gasteiger partial charge is 0.410 e. The van der Waals surface area contributed by atoms with Gasteiger partial charge < -0.3 is 14.7 Å². The Morgan fingerprint density at radius 3 is 2.82 bits per heavy atom. The number of alkyl halides is 1. The molecule has 1 heterocycles. The first-order valence-corrected chi connectivity index (χ1v) is 5.38. The van der Waals surface area contributed by atoms with Gasteiger partial charge in [0.1, 0.15) is 6.61 Å². The van der Waals surface area contributed by atoms with Crippen LogP contribution in [0.1, 0.15) is 12.8 Å². The van der Waals surface area contributed by atoms with Gasteiger partial charge >= 0.3 is 12.1 Å². The standard InChI is InChI=1S/C11H16FNO4/c1-2-7-17-10(16)13-6-4-11(8-13,3-5-12)9(14)15/h2H,1,3-8H2,(H,14,15). The zero-order valence-electron chi connectivity index (χ0n) is 9.52. The van der Waals surface area contributed by atoms with Crippen LogP contribution in [0.4, 0.5) is 9.18 Å². The van der Waals surface area contributed by atoms with Gasteiger partial charge in [0.2, 0.25) is 0 Å². The van der Waals surface area contributed by atoms with Crippen LogP contribution >= 0.6 is 0 Å². The molecule has 1 aliphatic rings. The van der Waals surface area contributed by atoms with Crippen molar-refractivity contribution in [3.05, 3.63) is 12.7 Å². The van der Waals surface area contributed by atoms with E-state index in [-0.39, 0.29) is 32.5 Å². The fraction of sp³-hybridized carbons (Fsp3) is 0.636. The van der Waals surface area contributed by atoms with Crippen molar-refractivity contribution in [3.8, 4) is 0 Å². The van der Waals surface area contributed by atoms with Crippen LogP contribution in [0.25, 0.3) is 0 Å². The van der Waals surface area contributed by atoms with E-state index in [0.717, 1.165) is 0 Å². The van der Waals surface area contributed by atoms with Crippen molar-refractivity contribution in [1.82, 2.24) is 4.90 Å². The largest absolute Gasteiger partial charge is 0.481 e. The highest BCUT2D eigenvalue weighted by Gasteiger charge is 2.46. The predicted octanol–water partition coefficient (Wildman–Crippen LogP) is 1.45. The Bertz CT molecular complexity index is 321. The third-order valence-corrected chi connectivity index (χ3v) is 2.96. The average Bonchev–Trinajstić information content (AvgIpc) is 2.72. The molecular weight excluding hydrogens is 229 g/mol. The third-order valence-electron chi connectivity index (χ3n) is 2.96. The van der Waals surface area contributed by atoms with Gasteiger partial charge in [0.05, 0.1) is 12.1 Å². The van der Waals surface area contributed by atoms with Crippen molar-refractivity contribution in [1.29, 1.82) is 0 Å². The number of hydrogen-bond acceptors (Lipinski definition) is 3. The number of nitrogens with zero attached hydrogens (tertiary/aromatic N) is 1. The summed E-state index contributed by atoms with van der Waals surface area (Å²) in [5.41, 5.74) is -1.16. The summed E-state index contributed by atoms with van der Waals surface area (Å²) in [5, 5.41) is 9.11. The normalized spacial score (nSPS) is 23.5. The van der Waals surface area contributed by atoms with Gasteiger partial charge in [0.25, 0.3) is 0 Å². The lowest BCUT2D eigenvalue weighted by atomic mass is 9.84. The maximum atomic E-state index is 12.4. The first kappa shape index (κ1) is 13.5. The summed E-state index contributed by atoms with van der Waals surface area (Å²) in [5.74, 6) is -1.06. The van der Waals surface area contributed by atoms with Gasteiger partial charge in [0.15, 0.2) is 0 Å². The Balaban J connectivity index is 2.62. The molecule has 0 spiro atoms. The highest BCUT2D eigenvalue weighted by Crippen LogP contribution is 2.34. The molecule has 1 rings (SSSR count). The number of amides is 1. The van der Waals surface area contributed by atoms with E-state index in [9.17, 15) is 14.0 Å². The van der Waals surface area contributed by atoms with Crippen LogP contribution in [0.2, 0.25) is 0 Å². The summed E-state index contributed by atoms with van der Waals surface area (Å²) in [6.45, 7) is 3.06. The fourth-order valence-electron chi connectivity index (χ4n) is 1.92. The number of carboxylic acid groups (broad SMARTS) is 1. The lowest BCUT2D eigenvalue weighted by Gasteiger charge is -2.23. The van der Waals surface area contributed by atoms with Gasteiger partial charge in [0, 0.05) is 13.1 Å². The van der Waals surface area contributed by atoms with E-state index in [1.54, 1.807) is 0 Å². The predicted molar refractivity (Wildman–Crippen MR) is 58.4 cm³/mol. The van der Waals surface area contributed by atoms with Crippen molar-refractivity contribution in [2.45, 2.75) is 12.8 Å². The van der Waals surface area contributed by atoms with E-state index in [0.29, 0.717) is 0 Å². The summed E-state index contributed by atoms with van der Waals surface area (Å²) in [6, 6.07) is 0. The van der Waals surface area contributed by atoms with Gasteiger partial charge in [-0.2, -0.15) is 0 Å². The molecular formula is C11H16FNO4. The zero-order valence-corrected chi connectivity index (χ0v) is 9.52. The van der Waals surface area contributed by atoms with Gasteiger partial charge in [-0.05, 0) is 12.8 Å². The van der Waals surface area contributed by atoms with Crippen LogP contribution in [-0.2, 0) is 9.53 Å². The van der Waals surface area contributed by atoms with Crippen molar-refractivity contribution >= 4 is 12.1 Å². The highest BCUT2D eigenvalue weighted by molar-refractivity contribution is 5.77. The Kier molecular flexibility index (Phi) is 4.48. The first-order chi connectivity index (χ1) is 8.05. The summed E-state index contributed by atoms with van der Waals surface area (Å²) in [6.07, 6.45) is 1.04. The number of carbonyl (C=O) groups excluding carboxylic acids is 1. The Morgan fingerprint density at radius 1 is 1.59 bits per heavy atom. The van der Waals surface area contributed by atoms with Crippen LogP contribution in [0, 0.1) is 5.41 Å². The van der Waals surface area contributed by atoms with Gasteiger partial charge in [-0.1, -0.05) is 12.7 Å². The minimum absolute atomic E-state index is 0.00221. The Morgan fingerprint density at radius 2 is 2.29 bits per heavy atom. The molecule has 0 saturated carbocycles. The lowest BCUT2D eigenvalue weighted by molar-refractivity contribution is -0.148. The number of carbonyl (C=O) groups is 2. The molecule has 5 nitrogen and oxygen atoms in total. The van der Waals surface area contributed by atoms with E-state index in [2.05, 4.69) is 6.58 Å². The quantitative estimate of drug-likeness (QED) is 0.744. The van der Waals surface area contributed by atoms with Crippen molar-refractivity contribution in [2.75, 3.05) is 26.4 Å². The minimum atomic E-state index is -1.16. The minimum Gasteiger partial charge on any atom is -0.481 e. The van der Waals surface area contributed by atoms with Crippen molar-refractivity contribution in [3.63, 3.8) is 0 Å². The van der Waals surface area contributed by atoms with E-state index >= 15 is 0 Å². The summed E-state index contributed by atoms with van der Waals surface area (Å²) >= 11 is 0. The number of halogens is 1. The molecule has 1 fully saturated rings. The molecule has 6 heteroatoms. The second-order valence-corrected chi connectivity index (χ2v) is 4.06. The van der Waals surface area contributed by atoms with Crippen molar-refractivity contribution < 1.29 is 23.8 Å². The van der Waals surface area contributed by atoms with Crippen LogP contribution in [0.3, 0.4) is 0 Å². The molecule has 0 aromatic heterocycles. The molecule has 0 aromatic rings. The lowest BCUT2D eigenvalue weighted by Crippen LogP contribution is -2.37. The molecule has 1 saturated heterocycles. The average molecular weight is 245 g/mol. The molecule has 1 amide bonds. The fourth-order valence-corrected chi connectivity index (χ4v) is 1.92. The van der Waals surface area contributed by atoms with E-state index in [1.807, 2.05) is 0 Å². The van der Waals surface area contributed by atoms with Crippen LogP contribution in [0.5, 0.6) is 0 Å². The molecule has 1 N–H and O–H groups in total. The second-order valence-electron chi connectivity index (χ2n) is 4.06. The molecule has 96 valence electrons.